The number of carbonyl (C=O) groups is 1. The Hall–Kier alpha value is -2.47. The van der Waals surface area contributed by atoms with Crippen LogP contribution in [0.3, 0.4) is 0 Å². The van der Waals surface area contributed by atoms with Gasteiger partial charge in [0.05, 0.1) is 12.4 Å². The molecule has 0 spiro atoms. The monoisotopic (exact) mass is 327 g/mol. The minimum Gasteiger partial charge on any atom is -0.369 e. The molecule has 1 aromatic heterocycles. The van der Waals surface area contributed by atoms with Gasteiger partial charge in [0.1, 0.15) is 11.5 Å². The summed E-state index contributed by atoms with van der Waals surface area (Å²) in [6.45, 7) is 3.93. The molecule has 2 rings (SSSR count). The molecular weight excluding hydrogens is 302 g/mol. The fourth-order valence-corrected chi connectivity index (χ4v) is 2.17. The van der Waals surface area contributed by atoms with Gasteiger partial charge < -0.3 is 15.5 Å². The Balaban J connectivity index is 1.86. The van der Waals surface area contributed by atoms with Gasteiger partial charge in [0.25, 0.3) is 5.91 Å². The molecule has 24 heavy (non-hydrogen) atoms. The number of nitrogens with zero attached hydrogens (tertiary/aromatic N) is 3. The van der Waals surface area contributed by atoms with E-state index in [9.17, 15) is 4.79 Å². The Morgan fingerprint density at radius 3 is 2.46 bits per heavy atom. The zero-order valence-corrected chi connectivity index (χ0v) is 14.5. The first-order valence-electron chi connectivity index (χ1n) is 8.19. The van der Waals surface area contributed by atoms with Gasteiger partial charge in [0, 0.05) is 12.2 Å². The average molecular weight is 327 g/mol. The first-order chi connectivity index (χ1) is 11.6. The lowest BCUT2D eigenvalue weighted by Gasteiger charge is -2.10. The van der Waals surface area contributed by atoms with Crippen molar-refractivity contribution in [3.8, 4) is 0 Å². The van der Waals surface area contributed by atoms with Gasteiger partial charge in [0.2, 0.25) is 0 Å². The lowest BCUT2D eigenvalue weighted by Crippen LogP contribution is -2.17. The van der Waals surface area contributed by atoms with Crippen LogP contribution in [0.2, 0.25) is 0 Å². The molecular formula is C18H25N5O. The van der Waals surface area contributed by atoms with Gasteiger partial charge in [-0.05, 0) is 51.2 Å². The Morgan fingerprint density at radius 1 is 1.12 bits per heavy atom. The summed E-state index contributed by atoms with van der Waals surface area (Å²) in [6, 6.07) is 7.79. The molecule has 1 amide bonds. The van der Waals surface area contributed by atoms with Crippen molar-refractivity contribution in [3.63, 3.8) is 0 Å². The van der Waals surface area contributed by atoms with Crippen LogP contribution in [0.1, 0.15) is 29.4 Å². The summed E-state index contributed by atoms with van der Waals surface area (Å²) in [4.78, 5) is 22.7. The van der Waals surface area contributed by atoms with E-state index in [0.717, 1.165) is 31.6 Å². The second kappa shape index (κ2) is 8.98. The summed E-state index contributed by atoms with van der Waals surface area (Å²) in [5.41, 5.74) is 2.29. The molecule has 0 radical (unpaired) electrons. The van der Waals surface area contributed by atoms with E-state index in [0.29, 0.717) is 11.5 Å². The van der Waals surface area contributed by atoms with Crippen molar-refractivity contribution in [1.82, 2.24) is 14.9 Å². The van der Waals surface area contributed by atoms with Gasteiger partial charge in [-0.1, -0.05) is 19.1 Å². The van der Waals surface area contributed by atoms with Crippen LogP contribution in [-0.2, 0) is 6.42 Å². The third-order valence-corrected chi connectivity index (χ3v) is 3.59. The Labute approximate surface area is 143 Å². The lowest BCUT2D eigenvalue weighted by atomic mass is 10.1. The van der Waals surface area contributed by atoms with Crippen molar-refractivity contribution in [1.29, 1.82) is 0 Å². The summed E-state index contributed by atoms with van der Waals surface area (Å²) >= 11 is 0. The Kier molecular flexibility index (Phi) is 6.69. The fourth-order valence-electron chi connectivity index (χ4n) is 2.17. The lowest BCUT2D eigenvalue weighted by molar-refractivity contribution is 0.102. The molecule has 0 aliphatic rings. The van der Waals surface area contributed by atoms with Gasteiger partial charge in [-0.25, -0.2) is 9.97 Å². The highest BCUT2D eigenvalue weighted by Gasteiger charge is 2.08. The van der Waals surface area contributed by atoms with Gasteiger partial charge in [-0.2, -0.15) is 0 Å². The SMILES string of the molecule is CCc1ccc(NC(=O)c2cnc(NCCCN(C)C)cn2)cc1. The predicted octanol–water partition coefficient (Wildman–Crippen LogP) is 2.65. The fraction of sp³-hybridized carbons (Fsp3) is 0.389. The van der Waals surface area contributed by atoms with E-state index in [1.165, 1.54) is 11.8 Å². The molecule has 6 nitrogen and oxygen atoms in total. The van der Waals surface area contributed by atoms with E-state index in [-0.39, 0.29) is 5.91 Å². The molecule has 0 bridgehead atoms. The number of carbonyl (C=O) groups excluding carboxylic acids is 1. The Morgan fingerprint density at radius 2 is 1.88 bits per heavy atom. The van der Waals surface area contributed by atoms with Crippen LogP contribution in [0.15, 0.2) is 36.7 Å². The molecule has 0 saturated heterocycles. The molecule has 1 heterocycles. The maximum absolute atomic E-state index is 12.2. The summed E-state index contributed by atoms with van der Waals surface area (Å²) in [5.74, 6) is 0.420. The van der Waals surface area contributed by atoms with Gasteiger partial charge >= 0.3 is 0 Å². The second-order valence-electron chi connectivity index (χ2n) is 5.88. The summed E-state index contributed by atoms with van der Waals surface area (Å²) < 4.78 is 0. The van der Waals surface area contributed by atoms with E-state index in [2.05, 4.69) is 32.4 Å². The highest BCUT2D eigenvalue weighted by atomic mass is 16.1. The highest BCUT2D eigenvalue weighted by molar-refractivity contribution is 6.02. The molecule has 0 saturated carbocycles. The maximum Gasteiger partial charge on any atom is 0.275 e. The van der Waals surface area contributed by atoms with Crippen LogP contribution < -0.4 is 10.6 Å². The molecule has 2 N–H and O–H groups in total. The number of anilines is 2. The zero-order valence-electron chi connectivity index (χ0n) is 14.5. The molecule has 0 fully saturated rings. The van der Waals surface area contributed by atoms with Crippen molar-refractivity contribution in [2.75, 3.05) is 37.8 Å². The van der Waals surface area contributed by atoms with Crippen LogP contribution in [0.25, 0.3) is 0 Å². The largest absolute Gasteiger partial charge is 0.369 e. The minimum atomic E-state index is -0.258. The molecule has 1 aromatic carbocycles. The van der Waals surface area contributed by atoms with Crippen molar-refractivity contribution in [2.24, 2.45) is 0 Å². The number of nitrogens with one attached hydrogen (secondary N) is 2. The number of benzene rings is 1. The van der Waals surface area contributed by atoms with Gasteiger partial charge in [-0.15, -0.1) is 0 Å². The number of hydrogen-bond acceptors (Lipinski definition) is 5. The molecule has 128 valence electrons. The first kappa shape index (κ1) is 17.9. The maximum atomic E-state index is 12.2. The number of aryl methyl sites for hydroxylation is 1. The highest BCUT2D eigenvalue weighted by Crippen LogP contribution is 2.11. The van der Waals surface area contributed by atoms with E-state index in [4.69, 9.17) is 0 Å². The number of amides is 1. The summed E-state index contributed by atoms with van der Waals surface area (Å²) in [5, 5.41) is 6.02. The van der Waals surface area contributed by atoms with Crippen LogP contribution in [0, 0.1) is 0 Å². The number of hydrogen-bond donors (Lipinski definition) is 2. The normalized spacial score (nSPS) is 10.7. The van der Waals surface area contributed by atoms with Crippen LogP contribution in [0.4, 0.5) is 11.5 Å². The summed E-state index contributed by atoms with van der Waals surface area (Å²) in [7, 11) is 4.09. The van der Waals surface area contributed by atoms with Crippen molar-refractivity contribution in [2.45, 2.75) is 19.8 Å². The standard InChI is InChI=1S/C18H25N5O/c1-4-14-6-8-15(9-7-14)22-18(24)16-12-21-17(13-20-16)19-10-5-11-23(2)3/h6-9,12-13H,4-5,10-11H2,1-3H3,(H,19,21)(H,22,24). The molecule has 2 aromatic rings. The summed E-state index contributed by atoms with van der Waals surface area (Å²) in [6.07, 6.45) is 5.07. The van der Waals surface area contributed by atoms with Gasteiger partial charge in [-0.3, -0.25) is 4.79 Å². The molecule has 0 aliphatic heterocycles. The zero-order chi connectivity index (χ0) is 17.4. The van der Waals surface area contributed by atoms with E-state index < -0.39 is 0 Å². The molecule has 0 aliphatic carbocycles. The number of rotatable bonds is 8. The number of aromatic nitrogens is 2. The van der Waals surface area contributed by atoms with E-state index >= 15 is 0 Å². The van der Waals surface area contributed by atoms with Crippen LogP contribution >= 0.6 is 0 Å². The topological polar surface area (TPSA) is 70.2 Å². The Bertz CT molecular complexity index is 637. The smallest absolute Gasteiger partial charge is 0.275 e. The average Bonchev–Trinajstić information content (AvgIpc) is 2.59. The third kappa shape index (κ3) is 5.62. The van der Waals surface area contributed by atoms with Crippen LogP contribution in [-0.4, -0.2) is 48.0 Å². The minimum absolute atomic E-state index is 0.258. The predicted molar refractivity (Wildman–Crippen MR) is 97.5 cm³/mol. The van der Waals surface area contributed by atoms with Crippen LogP contribution in [0.5, 0.6) is 0 Å². The second-order valence-corrected chi connectivity index (χ2v) is 5.88. The van der Waals surface area contributed by atoms with Crippen molar-refractivity contribution < 1.29 is 4.79 Å². The molecule has 0 unspecified atom stereocenters. The molecule has 6 heteroatoms. The van der Waals surface area contributed by atoms with E-state index in [1.807, 2.05) is 38.4 Å². The van der Waals surface area contributed by atoms with Crippen molar-refractivity contribution in [3.05, 3.63) is 47.9 Å². The molecule has 0 atom stereocenters. The van der Waals surface area contributed by atoms with Crippen molar-refractivity contribution >= 4 is 17.4 Å². The quantitative estimate of drug-likeness (QED) is 0.730. The van der Waals surface area contributed by atoms with Gasteiger partial charge in [0.15, 0.2) is 0 Å². The van der Waals surface area contributed by atoms with E-state index in [1.54, 1.807) is 6.20 Å². The first-order valence-corrected chi connectivity index (χ1v) is 8.19. The third-order valence-electron chi connectivity index (χ3n) is 3.59.